The van der Waals surface area contributed by atoms with Gasteiger partial charge in [0, 0.05) is 24.3 Å². The summed E-state index contributed by atoms with van der Waals surface area (Å²) >= 11 is 0. The van der Waals surface area contributed by atoms with Gasteiger partial charge in [-0.1, -0.05) is 0 Å². The molecule has 0 unspecified atom stereocenters. The number of nitrogens with zero attached hydrogens (tertiary/aromatic N) is 1. The summed E-state index contributed by atoms with van der Waals surface area (Å²) in [6.45, 7) is 6.24. The van der Waals surface area contributed by atoms with Gasteiger partial charge in [-0.3, -0.25) is 4.79 Å². The van der Waals surface area contributed by atoms with Crippen molar-refractivity contribution in [3.8, 4) is 0 Å². The Bertz CT molecular complexity index is 267. The van der Waals surface area contributed by atoms with E-state index in [1.54, 1.807) is 0 Å². The third-order valence-electron chi connectivity index (χ3n) is 2.16. The average molecular weight is 214 g/mol. The molecule has 14 heavy (non-hydrogen) atoms. The predicted octanol–water partition coefficient (Wildman–Crippen LogP) is 2.77. The molecular formula is C11H16ClNO. The Morgan fingerprint density at radius 3 is 2.00 bits per heavy atom. The molecule has 0 aliphatic heterocycles. The Balaban J connectivity index is 0.00000169. The van der Waals surface area contributed by atoms with E-state index >= 15 is 0 Å². The van der Waals surface area contributed by atoms with E-state index in [-0.39, 0.29) is 12.4 Å². The van der Waals surface area contributed by atoms with Crippen LogP contribution in [0.3, 0.4) is 0 Å². The van der Waals surface area contributed by atoms with Crippen LogP contribution >= 0.6 is 12.4 Å². The van der Waals surface area contributed by atoms with Gasteiger partial charge in [0.25, 0.3) is 0 Å². The second-order valence-electron chi connectivity index (χ2n) is 2.88. The van der Waals surface area contributed by atoms with E-state index < -0.39 is 0 Å². The topological polar surface area (TPSA) is 20.3 Å². The van der Waals surface area contributed by atoms with Crippen LogP contribution in [-0.4, -0.2) is 19.4 Å². The molecule has 0 fully saturated rings. The highest BCUT2D eigenvalue weighted by Crippen LogP contribution is 2.13. The van der Waals surface area contributed by atoms with Gasteiger partial charge in [0.2, 0.25) is 0 Å². The van der Waals surface area contributed by atoms with Gasteiger partial charge in [0.05, 0.1) is 0 Å². The highest BCUT2D eigenvalue weighted by Gasteiger charge is 1.99. The fourth-order valence-corrected chi connectivity index (χ4v) is 1.35. The lowest BCUT2D eigenvalue weighted by atomic mass is 10.2. The van der Waals surface area contributed by atoms with Gasteiger partial charge in [-0.25, -0.2) is 0 Å². The smallest absolute Gasteiger partial charge is 0.150 e. The Morgan fingerprint density at radius 2 is 1.64 bits per heavy atom. The van der Waals surface area contributed by atoms with Crippen LogP contribution in [0.15, 0.2) is 24.3 Å². The molecule has 0 bridgehead atoms. The van der Waals surface area contributed by atoms with Gasteiger partial charge in [-0.15, -0.1) is 12.4 Å². The van der Waals surface area contributed by atoms with E-state index in [1.807, 2.05) is 24.3 Å². The van der Waals surface area contributed by atoms with Crippen LogP contribution in [0.2, 0.25) is 0 Å². The van der Waals surface area contributed by atoms with Crippen LogP contribution in [0.25, 0.3) is 0 Å². The monoisotopic (exact) mass is 213 g/mol. The van der Waals surface area contributed by atoms with Gasteiger partial charge in [0.15, 0.2) is 0 Å². The summed E-state index contributed by atoms with van der Waals surface area (Å²) in [5.41, 5.74) is 1.91. The summed E-state index contributed by atoms with van der Waals surface area (Å²) in [6.07, 6.45) is 0.867. The average Bonchev–Trinajstić information content (AvgIpc) is 2.21. The minimum Gasteiger partial charge on any atom is -0.372 e. The number of rotatable bonds is 4. The van der Waals surface area contributed by atoms with Crippen molar-refractivity contribution in [3.05, 3.63) is 29.8 Å². The highest BCUT2D eigenvalue weighted by atomic mass is 35.5. The van der Waals surface area contributed by atoms with E-state index in [9.17, 15) is 4.79 Å². The summed E-state index contributed by atoms with van der Waals surface area (Å²) in [5.74, 6) is 0. The van der Waals surface area contributed by atoms with Crippen molar-refractivity contribution in [2.45, 2.75) is 13.8 Å². The lowest BCUT2D eigenvalue weighted by Crippen LogP contribution is -2.21. The number of hydrogen-bond donors (Lipinski definition) is 0. The summed E-state index contributed by atoms with van der Waals surface area (Å²) < 4.78 is 0. The molecule has 1 rings (SSSR count). The van der Waals surface area contributed by atoms with E-state index in [2.05, 4.69) is 18.7 Å². The molecule has 0 spiro atoms. The lowest BCUT2D eigenvalue weighted by Gasteiger charge is -2.20. The van der Waals surface area contributed by atoms with Crippen molar-refractivity contribution in [1.29, 1.82) is 0 Å². The number of benzene rings is 1. The minimum atomic E-state index is 0. The SMILES string of the molecule is CCN(CC)c1ccc(C=O)cc1.Cl. The number of carbonyl (C=O) groups is 1. The largest absolute Gasteiger partial charge is 0.372 e. The van der Waals surface area contributed by atoms with Gasteiger partial charge < -0.3 is 4.90 Å². The first kappa shape index (κ1) is 13.0. The Labute approximate surface area is 91.3 Å². The van der Waals surface area contributed by atoms with Crippen molar-refractivity contribution in [2.75, 3.05) is 18.0 Å². The van der Waals surface area contributed by atoms with Crippen LogP contribution in [0.1, 0.15) is 24.2 Å². The Hall–Kier alpha value is -1.02. The summed E-state index contributed by atoms with van der Waals surface area (Å²) in [5, 5.41) is 0. The first-order valence-electron chi connectivity index (χ1n) is 4.62. The van der Waals surface area contributed by atoms with Crippen molar-refractivity contribution in [2.24, 2.45) is 0 Å². The van der Waals surface area contributed by atoms with Crippen molar-refractivity contribution in [1.82, 2.24) is 0 Å². The van der Waals surface area contributed by atoms with Crippen LogP contribution < -0.4 is 4.90 Å². The maximum absolute atomic E-state index is 10.4. The first-order valence-corrected chi connectivity index (χ1v) is 4.62. The fourth-order valence-electron chi connectivity index (χ4n) is 1.35. The van der Waals surface area contributed by atoms with Gasteiger partial charge in [-0.05, 0) is 38.1 Å². The molecule has 1 aromatic carbocycles. The molecular weight excluding hydrogens is 198 g/mol. The van der Waals surface area contributed by atoms with Gasteiger partial charge in [-0.2, -0.15) is 0 Å². The Kier molecular flexibility index (Phi) is 5.97. The number of aldehydes is 1. The molecule has 0 aliphatic carbocycles. The predicted molar refractivity (Wildman–Crippen MR) is 62.6 cm³/mol. The maximum Gasteiger partial charge on any atom is 0.150 e. The summed E-state index contributed by atoms with van der Waals surface area (Å²) in [4.78, 5) is 12.7. The number of hydrogen-bond acceptors (Lipinski definition) is 2. The third-order valence-corrected chi connectivity index (χ3v) is 2.16. The highest BCUT2D eigenvalue weighted by molar-refractivity contribution is 5.85. The lowest BCUT2D eigenvalue weighted by molar-refractivity contribution is 0.112. The zero-order chi connectivity index (χ0) is 9.68. The van der Waals surface area contributed by atoms with Gasteiger partial charge >= 0.3 is 0 Å². The molecule has 3 heteroatoms. The third kappa shape index (κ3) is 3.04. The molecule has 0 atom stereocenters. The van der Waals surface area contributed by atoms with E-state index in [0.717, 1.165) is 24.9 Å². The van der Waals surface area contributed by atoms with Crippen molar-refractivity contribution >= 4 is 24.4 Å². The second-order valence-corrected chi connectivity index (χ2v) is 2.88. The van der Waals surface area contributed by atoms with Crippen LogP contribution in [0.5, 0.6) is 0 Å². The number of anilines is 1. The first-order chi connectivity index (χ1) is 6.31. The quantitative estimate of drug-likeness (QED) is 0.717. The zero-order valence-corrected chi connectivity index (χ0v) is 9.38. The van der Waals surface area contributed by atoms with E-state index in [4.69, 9.17) is 0 Å². The molecule has 1 aromatic rings. The fraction of sp³-hybridized carbons (Fsp3) is 0.364. The summed E-state index contributed by atoms with van der Waals surface area (Å²) in [7, 11) is 0. The molecule has 0 aromatic heterocycles. The standard InChI is InChI=1S/C11H15NO.ClH/c1-3-12(4-2)11-7-5-10(9-13)6-8-11;/h5-9H,3-4H2,1-2H3;1H. The van der Waals surface area contributed by atoms with Crippen LogP contribution in [0, 0.1) is 0 Å². The molecule has 2 nitrogen and oxygen atoms in total. The molecule has 78 valence electrons. The minimum absolute atomic E-state index is 0. The van der Waals surface area contributed by atoms with Crippen molar-refractivity contribution in [3.63, 3.8) is 0 Å². The molecule has 0 heterocycles. The molecule has 0 N–H and O–H groups in total. The van der Waals surface area contributed by atoms with E-state index in [0.29, 0.717) is 0 Å². The molecule has 0 amide bonds. The number of halogens is 1. The van der Waals surface area contributed by atoms with Crippen LogP contribution in [-0.2, 0) is 0 Å². The van der Waals surface area contributed by atoms with Crippen LogP contribution in [0.4, 0.5) is 5.69 Å². The van der Waals surface area contributed by atoms with Crippen molar-refractivity contribution < 1.29 is 4.79 Å². The zero-order valence-electron chi connectivity index (χ0n) is 8.56. The second kappa shape index (κ2) is 6.44. The number of carbonyl (C=O) groups excluding carboxylic acids is 1. The Morgan fingerprint density at radius 1 is 1.14 bits per heavy atom. The molecule has 0 aliphatic rings. The normalized spacial score (nSPS) is 9.00. The summed E-state index contributed by atoms with van der Waals surface area (Å²) in [6, 6.07) is 7.66. The maximum atomic E-state index is 10.4. The van der Waals surface area contributed by atoms with E-state index in [1.165, 1.54) is 5.69 Å². The van der Waals surface area contributed by atoms with Gasteiger partial charge in [0.1, 0.15) is 6.29 Å². The molecule has 0 saturated heterocycles. The molecule has 0 radical (unpaired) electrons. The molecule has 0 saturated carbocycles.